The zero-order chi connectivity index (χ0) is 25.2. The Balaban J connectivity index is 1.81. The molecule has 9 nitrogen and oxygen atoms in total. The van der Waals surface area contributed by atoms with E-state index in [-0.39, 0.29) is 17.5 Å². The van der Waals surface area contributed by atoms with Crippen molar-refractivity contribution in [1.29, 1.82) is 0 Å². The number of aromatic nitrogens is 3. The van der Waals surface area contributed by atoms with Crippen molar-refractivity contribution in [2.75, 3.05) is 30.2 Å². The largest absolute Gasteiger partial charge is 0.309 e. The average Bonchev–Trinajstić information content (AvgIpc) is 3.50. The van der Waals surface area contributed by atoms with Gasteiger partial charge in [-0.2, -0.15) is 0 Å². The maximum Gasteiger partial charge on any atom is 0.264 e. The van der Waals surface area contributed by atoms with Gasteiger partial charge in [0.1, 0.15) is 6.33 Å². The van der Waals surface area contributed by atoms with E-state index >= 15 is 0 Å². The van der Waals surface area contributed by atoms with Gasteiger partial charge in [-0.05, 0) is 43.2 Å². The highest BCUT2D eigenvalue weighted by Gasteiger charge is 2.33. The first-order valence-corrected chi connectivity index (χ1v) is 15.0. The van der Waals surface area contributed by atoms with Gasteiger partial charge in [-0.15, -0.1) is 10.2 Å². The SMILES string of the molecule is CCCCN(c1ccc(Cl)cc1-c1nncn1C1CCN(S(C)(=O)=O)C1)S(=O)(=O)c1ccccc1. The molecule has 2 heterocycles. The zero-order valence-electron chi connectivity index (χ0n) is 19.6. The normalized spacial score (nSPS) is 17.1. The minimum atomic E-state index is -3.87. The van der Waals surface area contributed by atoms with E-state index in [1.165, 1.54) is 14.9 Å². The molecule has 12 heteroatoms. The lowest BCUT2D eigenvalue weighted by atomic mass is 10.1. The highest BCUT2D eigenvalue weighted by molar-refractivity contribution is 7.92. The van der Waals surface area contributed by atoms with Crippen LogP contribution >= 0.6 is 11.6 Å². The van der Waals surface area contributed by atoms with Crippen molar-refractivity contribution in [3.05, 3.63) is 59.9 Å². The molecule has 188 valence electrons. The van der Waals surface area contributed by atoms with Crippen LogP contribution in [0.1, 0.15) is 32.2 Å². The van der Waals surface area contributed by atoms with Crippen LogP contribution < -0.4 is 4.31 Å². The van der Waals surface area contributed by atoms with Crippen LogP contribution in [0.25, 0.3) is 11.4 Å². The molecule has 1 aliphatic heterocycles. The number of nitrogens with zero attached hydrogens (tertiary/aromatic N) is 5. The lowest BCUT2D eigenvalue weighted by molar-refractivity contribution is 0.457. The van der Waals surface area contributed by atoms with Gasteiger partial charge in [-0.25, -0.2) is 21.1 Å². The summed E-state index contributed by atoms with van der Waals surface area (Å²) in [6.07, 6.45) is 4.81. The van der Waals surface area contributed by atoms with Crippen LogP contribution in [0.5, 0.6) is 0 Å². The molecule has 1 atom stereocenters. The Morgan fingerprint density at radius 1 is 1.11 bits per heavy atom. The Labute approximate surface area is 211 Å². The van der Waals surface area contributed by atoms with Crippen molar-refractivity contribution in [3.8, 4) is 11.4 Å². The predicted molar refractivity (Wildman–Crippen MR) is 136 cm³/mol. The van der Waals surface area contributed by atoms with E-state index in [9.17, 15) is 16.8 Å². The van der Waals surface area contributed by atoms with Crippen LogP contribution in [0.2, 0.25) is 5.02 Å². The second-order valence-corrected chi connectivity index (χ2v) is 12.8. The summed E-state index contributed by atoms with van der Waals surface area (Å²) in [5.74, 6) is 0.438. The van der Waals surface area contributed by atoms with Gasteiger partial charge in [-0.1, -0.05) is 43.1 Å². The van der Waals surface area contributed by atoms with E-state index in [2.05, 4.69) is 10.2 Å². The molecular formula is C23H28ClN5O4S2. The summed E-state index contributed by atoms with van der Waals surface area (Å²) in [7, 11) is -7.19. The average molecular weight is 538 g/mol. The molecule has 1 unspecified atom stereocenters. The van der Waals surface area contributed by atoms with E-state index in [0.29, 0.717) is 48.0 Å². The van der Waals surface area contributed by atoms with E-state index < -0.39 is 20.0 Å². The Morgan fingerprint density at radius 2 is 1.86 bits per heavy atom. The van der Waals surface area contributed by atoms with Crippen LogP contribution in [0, 0.1) is 0 Å². The van der Waals surface area contributed by atoms with Gasteiger partial charge in [0.05, 0.1) is 22.9 Å². The molecule has 0 bridgehead atoms. The smallest absolute Gasteiger partial charge is 0.264 e. The number of halogens is 1. The summed E-state index contributed by atoms with van der Waals surface area (Å²) >= 11 is 6.36. The van der Waals surface area contributed by atoms with Gasteiger partial charge in [0.2, 0.25) is 10.0 Å². The summed E-state index contributed by atoms with van der Waals surface area (Å²) in [6.45, 7) is 2.97. The van der Waals surface area contributed by atoms with Crippen molar-refractivity contribution in [2.24, 2.45) is 0 Å². The highest BCUT2D eigenvalue weighted by atomic mass is 35.5. The molecule has 0 amide bonds. The number of unbranched alkanes of at least 4 members (excludes halogenated alkanes) is 1. The Kier molecular flexibility index (Phi) is 7.51. The minimum Gasteiger partial charge on any atom is -0.309 e. The third-order valence-corrected chi connectivity index (χ3v) is 9.41. The molecule has 4 rings (SSSR count). The van der Waals surface area contributed by atoms with Gasteiger partial charge in [0.25, 0.3) is 10.0 Å². The number of benzene rings is 2. The van der Waals surface area contributed by atoms with Gasteiger partial charge in [0, 0.05) is 30.2 Å². The number of hydrogen-bond acceptors (Lipinski definition) is 6. The summed E-state index contributed by atoms with van der Waals surface area (Å²) < 4.78 is 56.1. The molecule has 0 aliphatic carbocycles. The topological polar surface area (TPSA) is 105 Å². The molecule has 0 saturated carbocycles. The Morgan fingerprint density at radius 3 is 2.51 bits per heavy atom. The monoisotopic (exact) mass is 537 g/mol. The summed E-state index contributed by atoms with van der Waals surface area (Å²) in [5.41, 5.74) is 0.960. The number of sulfonamides is 2. The lowest BCUT2D eigenvalue weighted by Gasteiger charge is -2.27. The highest BCUT2D eigenvalue weighted by Crippen LogP contribution is 2.37. The zero-order valence-corrected chi connectivity index (χ0v) is 22.0. The third kappa shape index (κ3) is 5.37. The molecule has 35 heavy (non-hydrogen) atoms. The van der Waals surface area contributed by atoms with E-state index in [0.717, 1.165) is 6.42 Å². The van der Waals surface area contributed by atoms with Crippen LogP contribution in [0.15, 0.2) is 59.8 Å². The van der Waals surface area contributed by atoms with Crippen LogP contribution in [-0.4, -0.2) is 61.8 Å². The fraction of sp³-hybridized carbons (Fsp3) is 0.391. The first-order valence-electron chi connectivity index (χ1n) is 11.3. The van der Waals surface area contributed by atoms with Gasteiger partial charge >= 0.3 is 0 Å². The molecular weight excluding hydrogens is 510 g/mol. The van der Waals surface area contributed by atoms with Crippen molar-refractivity contribution in [3.63, 3.8) is 0 Å². The molecule has 1 aliphatic rings. The number of rotatable bonds is 9. The fourth-order valence-electron chi connectivity index (χ4n) is 4.24. The molecule has 1 saturated heterocycles. The second-order valence-electron chi connectivity index (χ2n) is 8.53. The molecule has 1 fully saturated rings. The minimum absolute atomic E-state index is 0.184. The van der Waals surface area contributed by atoms with Crippen LogP contribution in [0.3, 0.4) is 0 Å². The van der Waals surface area contributed by atoms with Gasteiger partial charge < -0.3 is 4.57 Å². The Hall–Kier alpha value is -2.47. The fourth-order valence-corrected chi connectivity index (χ4v) is 6.83. The summed E-state index contributed by atoms with van der Waals surface area (Å²) in [5, 5.41) is 8.81. The molecule has 1 aromatic heterocycles. The molecule has 2 aromatic carbocycles. The molecule has 0 spiro atoms. The van der Waals surface area contributed by atoms with Gasteiger partial charge in [0.15, 0.2) is 5.82 Å². The van der Waals surface area contributed by atoms with Gasteiger partial charge in [-0.3, -0.25) is 4.31 Å². The number of anilines is 1. The maximum atomic E-state index is 13.7. The maximum absolute atomic E-state index is 13.7. The summed E-state index contributed by atoms with van der Waals surface area (Å²) in [4.78, 5) is 0.193. The first kappa shape index (κ1) is 25.6. The lowest BCUT2D eigenvalue weighted by Crippen LogP contribution is -2.32. The van der Waals surface area contributed by atoms with Crippen molar-refractivity contribution in [2.45, 2.75) is 37.1 Å². The third-order valence-electron chi connectivity index (χ3n) is 6.08. The Bertz CT molecular complexity index is 1390. The second kappa shape index (κ2) is 10.3. The van der Waals surface area contributed by atoms with E-state index in [1.54, 1.807) is 54.9 Å². The van der Waals surface area contributed by atoms with Crippen molar-refractivity contribution in [1.82, 2.24) is 19.1 Å². The van der Waals surface area contributed by atoms with Crippen LogP contribution in [-0.2, 0) is 20.0 Å². The summed E-state index contributed by atoms with van der Waals surface area (Å²) in [6, 6.07) is 13.1. The van der Waals surface area contributed by atoms with Crippen LogP contribution in [0.4, 0.5) is 5.69 Å². The van der Waals surface area contributed by atoms with Crippen molar-refractivity contribution >= 4 is 37.3 Å². The predicted octanol–water partition coefficient (Wildman–Crippen LogP) is 3.80. The van der Waals surface area contributed by atoms with Crippen molar-refractivity contribution < 1.29 is 16.8 Å². The molecule has 3 aromatic rings. The first-order chi connectivity index (χ1) is 16.6. The van der Waals surface area contributed by atoms with E-state index in [4.69, 9.17) is 11.6 Å². The standard InChI is InChI=1S/C23H28ClN5O4S2/c1-3-4-13-29(35(32,33)20-8-6-5-7-9-20)22-11-10-18(24)15-21(22)23-26-25-17-28(23)19-12-14-27(16-19)34(2,30)31/h5-11,15,17,19H,3-4,12-14,16H2,1-2H3. The molecule has 0 N–H and O–H groups in total. The quantitative estimate of drug-likeness (QED) is 0.411. The number of hydrogen-bond donors (Lipinski definition) is 0. The van der Waals surface area contributed by atoms with E-state index in [1.807, 2.05) is 11.5 Å². The molecule has 0 radical (unpaired) electrons.